The maximum absolute atomic E-state index is 5.52. The molecular weight excluding hydrogens is 302 g/mol. The molecule has 1 aromatic carbocycles. The standard InChI is InChI=1S/C18H21N5O/c1-12(2)15-7-8-19-18(22-15)21-14-5-6-16(17(9-14)24-4)23-10-13(3)20-11-23/h5-12H,1-4H3,(H,19,21,22). The fourth-order valence-electron chi connectivity index (χ4n) is 2.41. The van der Waals surface area contributed by atoms with E-state index in [1.165, 1.54) is 0 Å². The van der Waals surface area contributed by atoms with Crippen LogP contribution in [0.2, 0.25) is 0 Å². The van der Waals surface area contributed by atoms with Crippen molar-refractivity contribution in [1.29, 1.82) is 0 Å². The number of anilines is 2. The monoisotopic (exact) mass is 323 g/mol. The van der Waals surface area contributed by atoms with Crippen molar-refractivity contribution in [3.05, 3.63) is 54.4 Å². The Morgan fingerprint density at radius 3 is 2.67 bits per heavy atom. The van der Waals surface area contributed by atoms with E-state index < -0.39 is 0 Å². The maximum atomic E-state index is 5.52. The van der Waals surface area contributed by atoms with Gasteiger partial charge >= 0.3 is 0 Å². The lowest BCUT2D eigenvalue weighted by Crippen LogP contribution is -2.02. The van der Waals surface area contributed by atoms with Crippen molar-refractivity contribution in [2.45, 2.75) is 26.7 Å². The van der Waals surface area contributed by atoms with Crippen molar-refractivity contribution in [3.63, 3.8) is 0 Å². The molecule has 0 saturated heterocycles. The number of aryl methyl sites for hydroxylation is 1. The van der Waals surface area contributed by atoms with Crippen LogP contribution in [-0.4, -0.2) is 26.6 Å². The number of aromatic nitrogens is 4. The SMILES string of the molecule is COc1cc(Nc2nccc(C(C)C)n2)ccc1-n1cnc(C)c1. The molecule has 0 aliphatic rings. The average Bonchev–Trinajstić information content (AvgIpc) is 3.01. The lowest BCUT2D eigenvalue weighted by Gasteiger charge is -2.12. The van der Waals surface area contributed by atoms with E-state index in [1.807, 2.05) is 42.0 Å². The fourth-order valence-corrected chi connectivity index (χ4v) is 2.41. The molecule has 0 amide bonds. The molecule has 2 aromatic heterocycles. The Bertz CT molecular complexity index is 841. The molecule has 0 saturated carbocycles. The van der Waals surface area contributed by atoms with Crippen molar-refractivity contribution >= 4 is 11.6 Å². The van der Waals surface area contributed by atoms with Crippen LogP contribution in [0.3, 0.4) is 0 Å². The Morgan fingerprint density at radius 1 is 1.17 bits per heavy atom. The topological polar surface area (TPSA) is 64.9 Å². The molecule has 0 fully saturated rings. The Balaban J connectivity index is 1.88. The van der Waals surface area contributed by atoms with Crippen LogP contribution in [0.1, 0.15) is 31.2 Å². The highest BCUT2D eigenvalue weighted by atomic mass is 16.5. The van der Waals surface area contributed by atoms with Crippen molar-refractivity contribution < 1.29 is 4.74 Å². The minimum absolute atomic E-state index is 0.356. The van der Waals surface area contributed by atoms with Crippen LogP contribution >= 0.6 is 0 Å². The Kier molecular flexibility index (Phi) is 4.46. The average molecular weight is 323 g/mol. The Hall–Kier alpha value is -2.89. The molecule has 0 radical (unpaired) electrons. The third-order valence-corrected chi connectivity index (χ3v) is 3.69. The van der Waals surface area contributed by atoms with Crippen molar-refractivity contribution in [2.75, 3.05) is 12.4 Å². The van der Waals surface area contributed by atoms with Crippen molar-refractivity contribution in [2.24, 2.45) is 0 Å². The summed E-state index contributed by atoms with van der Waals surface area (Å²) in [5.74, 6) is 1.68. The summed E-state index contributed by atoms with van der Waals surface area (Å²) in [5, 5.41) is 3.23. The quantitative estimate of drug-likeness (QED) is 0.772. The zero-order chi connectivity index (χ0) is 17.1. The van der Waals surface area contributed by atoms with Gasteiger partial charge in [0.25, 0.3) is 0 Å². The van der Waals surface area contributed by atoms with E-state index in [1.54, 1.807) is 19.6 Å². The van der Waals surface area contributed by atoms with Crippen LogP contribution in [0.15, 0.2) is 43.0 Å². The zero-order valence-corrected chi connectivity index (χ0v) is 14.3. The van der Waals surface area contributed by atoms with E-state index >= 15 is 0 Å². The number of imidazole rings is 1. The Morgan fingerprint density at radius 2 is 2.00 bits per heavy atom. The highest BCUT2D eigenvalue weighted by Crippen LogP contribution is 2.28. The van der Waals surface area contributed by atoms with E-state index in [-0.39, 0.29) is 0 Å². The predicted octanol–water partition coefficient (Wildman–Crippen LogP) is 3.85. The molecule has 0 spiro atoms. The largest absolute Gasteiger partial charge is 0.494 e. The number of rotatable bonds is 5. The van der Waals surface area contributed by atoms with Gasteiger partial charge in [-0.3, -0.25) is 0 Å². The second kappa shape index (κ2) is 6.70. The maximum Gasteiger partial charge on any atom is 0.227 e. The third kappa shape index (κ3) is 3.37. The lowest BCUT2D eigenvalue weighted by molar-refractivity contribution is 0.413. The van der Waals surface area contributed by atoms with Crippen LogP contribution in [0.5, 0.6) is 5.75 Å². The summed E-state index contributed by atoms with van der Waals surface area (Å²) in [5.41, 5.74) is 3.76. The van der Waals surface area contributed by atoms with Gasteiger partial charge in [-0.05, 0) is 31.0 Å². The van der Waals surface area contributed by atoms with E-state index in [0.717, 1.165) is 28.5 Å². The van der Waals surface area contributed by atoms with Gasteiger partial charge in [0.15, 0.2) is 0 Å². The summed E-state index contributed by atoms with van der Waals surface area (Å²) in [6.45, 7) is 6.17. The molecule has 124 valence electrons. The first kappa shape index (κ1) is 16.0. The molecular formula is C18H21N5O. The van der Waals surface area contributed by atoms with Crippen LogP contribution in [0.4, 0.5) is 11.6 Å². The summed E-state index contributed by atoms with van der Waals surface area (Å²) in [4.78, 5) is 13.1. The van der Waals surface area contributed by atoms with Crippen LogP contribution in [0, 0.1) is 6.92 Å². The van der Waals surface area contributed by atoms with Crippen molar-refractivity contribution in [1.82, 2.24) is 19.5 Å². The summed E-state index contributed by atoms with van der Waals surface area (Å²) in [6, 6.07) is 7.81. The van der Waals surface area contributed by atoms with E-state index in [2.05, 4.69) is 34.1 Å². The number of nitrogens with one attached hydrogen (secondary N) is 1. The molecule has 3 rings (SSSR count). The van der Waals surface area contributed by atoms with Gasteiger partial charge < -0.3 is 14.6 Å². The first-order valence-electron chi connectivity index (χ1n) is 7.86. The van der Waals surface area contributed by atoms with Gasteiger partial charge in [0, 0.05) is 29.8 Å². The number of methoxy groups -OCH3 is 1. The van der Waals surface area contributed by atoms with Gasteiger partial charge in [-0.2, -0.15) is 0 Å². The van der Waals surface area contributed by atoms with E-state index in [4.69, 9.17) is 4.74 Å². The second-order valence-corrected chi connectivity index (χ2v) is 5.89. The molecule has 0 atom stereocenters. The first-order chi connectivity index (χ1) is 11.6. The third-order valence-electron chi connectivity index (χ3n) is 3.69. The van der Waals surface area contributed by atoms with Crippen LogP contribution < -0.4 is 10.1 Å². The van der Waals surface area contributed by atoms with E-state index in [9.17, 15) is 0 Å². The fraction of sp³-hybridized carbons (Fsp3) is 0.278. The number of ether oxygens (including phenoxy) is 1. The number of nitrogens with zero attached hydrogens (tertiary/aromatic N) is 4. The zero-order valence-electron chi connectivity index (χ0n) is 14.3. The molecule has 6 heteroatoms. The Labute approximate surface area is 141 Å². The molecule has 6 nitrogen and oxygen atoms in total. The molecule has 0 aliphatic carbocycles. The first-order valence-corrected chi connectivity index (χ1v) is 7.86. The van der Waals surface area contributed by atoms with E-state index in [0.29, 0.717) is 11.9 Å². The summed E-state index contributed by atoms with van der Waals surface area (Å²) in [7, 11) is 1.66. The molecule has 0 aliphatic heterocycles. The number of hydrogen-bond donors (Lipinski definition) is 1. The highest BCUT2D eigenvalue weighted by molar-refractivity contribution is 5.62. The lowest BCUT2D eigenvalue weighted by atomic mass is 10.1. The molecule has 0 unspecified atom stereocenters. The molecule has 1 N–H and O–H groups in total. The number of hydrogen-bond acceptors (Lipinski definition) is 5. The minimum Gasteiger partial charge on any atom is -0.494 e. The highest BCUT2D eigenvalue weighted by Gasteiger charge is 2.09. The normalized spacial score (nSPS) is 10.9. The van der Waals surface area contributed by atoms with Gasteiger partial charge in [-0.1, -0.05) is 13.8 Å². The predicted molar refractivity (Wildman–Crippen MR) is 94.3 cm³/mol. The molecule has 2 heterocycles. The van der Waals surface area contributed by atoms with Crippen LogP contribution in [-0.2, 0) is 0 Å². The molecule has 0 bridgehead atoms. The van der Waals surface area contributed by atoms with Gasteiger partial charge in [0.2, 0.25) is 5.95 Å². The smallest absolute Gasteiger partial charge is 0.227 e. The summed E-state index contributed by atoms with van der Waals surface area (Å²) in [6.07, 6.45) is 5.50. The second-order valence-electron chi connectivity index (χ2n) is 5.89. The summed E-state index contributed by atoms with van der Waals surface area (Å²) >= 11 is 0. The van der Waals surface area contributed by atoms with Gasteiger partial charge in [-0.15, -0.1) is 0 Å². The minimum atomic E-state index is 0.356. The van der Waals surface area contributed by atoms with Gasteiger partial charge in [-0.25, -0.2) is 15.0 Å². The van der Waals surface area contributed by atoms with Gasteiger partial charge in [0.05, 0.1) is 24.8 Å². The van der Waals surface area contributed by atoms with Crippen molar-refractivity contribution in [3.8, 4) is 11.4 Å². The number of benzene rings is 1. The van der Waals surface area contributed by atoms with Crippen LogP contribution in [0.25, 0.3) is 5.69 Å². The molecule has 24 heavy (non-hydrogen) atoms. The van der Waals surface area contributed by atoms with Gasteiger partial charge in [0.1, 0.15) is 5.75 Å². The molecule has 3 aromatic rings. The summed E-state index contributed by atoms with van der Waals surface area (Å²) < 4.78 is 7.46.